The summed E-state index contributed by atoms with van der Waals surface area (Å²) in [6, 6.07) is 4.87. The van der Waals surface area contributed by atoms with Crippen molar-refractivity contribution in [2.75, 3.05) is 44.3 Å². The molecule has 0 saturated carbocycles. The molecule has 2 aliphatic rings. The van der Waals surface area contributed by atoms with Crippen molar-refractivity contribution in [3.05, 3.63) is 29.6 Å². The molecule has 3 rings (SSSR count). The van der Waals surface area contributed by atoms with Gasteiger partial charge in [-0.1, -0.05) is 6.07 Å². The lowest BCUT2D eigenvalue weighted by atomic mass is 10.2. The topological polar surface area (TPSA) is 61.9 Å². The third-order valence-electron chi connectivity index (χ3n) is 4.23. The summed E-state index contributed by atoms with van der Waals surface area (Å²) in [6.07, 6.45) is 1.79. The molecule has 6 nitrogen and oxygen atoms in total. The maximum absolute atomic E-state index is 14.3. The first-order chi connectivity index (χ1) is 11.1. The van der Waals surface area contributed by atoms with Crippen molar-refractivity contribution in [2.45, 2.75) is 19.4 Å². The van der Waals surface area contributed by atoms with Crippen molar-refractivity contribution in [1.29, 1.82) is 0 Å². The van der Waals surface area contributed by atoms with Gasteiger partial charge in [0, 0.05) is 32.7 Å². The summed E-state index contributed by atoms with van der Waals surface area (Å²) in [5, 5.41) is 0. The highest BCUT2D eigenvalue weighted by molar-refractivity contribution is 7.87. The van der Waals surface area contributed by atoms with E-state index >= 15 is 0 Å². The fourth-order valence-electron chi connectivity index (χ4n) is 2.92. The van der Waals surface area contributed by atoms with Crippen LogP contribution >= 0.6 is 0 Å². The first-order valence-corrected chi connectivity index (χ1v) is 9.36. The molecule has 0 aromatic heterocycles. The smallest absolute Gasteiger partial charge is 0.279 e. The zero-order chi connectivity index (χ0) is 16.3. The number of halogens is 1. The summed E-state index contributed by atoms with van der Waals surface area (Å²) < 4.78 is 47.7. The third kappa shape index (κ3) is 4.00. The largest absolute Gasteiger partial charge is 0.378 e. The van der Waals surface area contributed by atoms with Gasteiger partial charge in [0.25, 0.3) is 10.2 Å². The Bertz CT molecular complexity index is 641. The highest BCUT2D eigenvalue weighted by atomic mass is 32.2. The van der Waals surface area contributed by atoms with Crippen molar-refractivity contribution in [3.63, 3.8) is 0 Å². The molecule has 2 heterocycles. The van der Waals surface area contributed by atoms with E-state index in [0.29, 0.717) is 50.6 Å². The van der Waals surface area contributed by atoms with E-state index in [9.17, 15) is 12.8 Å². The fourth-order valence-corrected chi connectivity index (χ4v) is 4.19. The van der Waals surface area contributed by atoms with E-state index in [1.807, 2.05) is 4.90 Å². The number of morpholine rings is 1. The molecule has 1 aromatic carbocycles. The minimum atomic E-state index is -3.47. The summed E-state index contributed by atoms with van der Waals surface area (Å²) in [5.41, 5.74) is 1.15. The van der Waals surface area contributed by atoms with Crippen LogP contribution in [0.25, 0.3) is 0 Å². The van der Waals surface area contributed by atoms with Gasteiger partial charge in [0.2, 0.25) is 0 Å². The van der Waals surface area contributed by atoms with Crippen LogP contribution < -0.4 is 9.62 Å². The van der Waals surface area contributed by atoms with E-state index < -0.39 is 10.2 Å². The van der Waals surface area contributed by atoms with Gasteiger partial charge in [-0.25, -0.2) is 4.39 Å². The van der Waals surface area contributed by atoms with Gasteiger partial charge in [-0.2, -0.15) is 17.4 Å². The molecule has 0 aliphatic carbocycles. The number of hydrogen-bond donors (Lipinski definition) is 1. The van der Waals surface area contributed by atoms with Crippen molar-refractivity contribution in [1.82, 2.24) is 9.03 Å². The fraction of sp³-hybridized carbons (Fsp3) is 0.600. The van der Waals surface area contributed by atoms with E-state index in [1.165, 1.54) is 10.4 Å². The standard InChI is InChI=1S/C15H22FN3O3S/c16-14-11-13(3-4-15(14)18-7-9-22-10-8-18)12-17-23(20,21)19-5-1-2-6-19/h3-4,11,17H,1-2,5-10,12H2. The third-order valence-corrected chi connectivity index (χ3v) is 5.78. The van der Waals surface area contributed by atoms with Gasteiger partial charge in [0.05, 0.1) is 18.9 Å². The number of hydrogen-bond acceptors (Lipinski definition) is 4. The van der Waals surface area contributed by atoms with Gasteiger partial charge >= 0.3 is 0 Å². The lowest BCUT2D eigenvalue weighted by Crippen LogP contribution is -2.38. The molecule has 23 heavy (non-hydrogen) atoms. The number of rotatable bonds is 5. The van der Waals surface area contributed by atoms with Crippen molar-refractivity contribution >= 4 is 15.9 Å². The first kappa shape index (κ1) is 16.6. The SMILES string of the molecule is O=S(=O)(NCc1ccc(N2CCOCC2)c(F)c1)N1CCCC1. The maximum Gasteiger partial charge on any atom is 0.279 e. The second-order valence-electron chi connectivity index (χ2n) is 5.82. The van der Waals surface area contributed by atoms with E-state index in [2.05, 4.69) is 4.72 Å². The summed E-state index contributed by atoms with van der Waals surface area (Å²) in [7, 11) is -3.47. The lowest BCUT2D eigenvalue weighted by Gasteiger charge is -2.29. The van der Waals surface area contributed by atoms with E-state index in [1.54, 1.807) is 12.1 Å². The van der Waals surface area contributed by atoms with E-state index in [0.717, 1.165) is 12.8 Å². The van der Waals surface area contributed by atoms with Crippen LogP contribution in [-0.2, 0) is 21.5 Å². The van der Waals surface area contributed by atoms with Crippen LogP contribution in [0.4, 0.5) is 10.1 Å². The predicted molar refractivity (Wildman–Crippen MR) is 86.0 cm³/mol. The first-order valence-electron chi connectivity index (χ1n) is 7.92. The van der Waals surface area contributed by atoms with Crippen LogP contribution in [0.1, 0.15) is 18.4 Å². The highest BCUT2D eigenvalue weighted by Gasteiger charge is 2.24. The van der Waals surface area contributed by atoms with Crippen LogP contribution in [0.2, 0.25) is 0 Å². The van der Waals surface area contributed by atoms with Gasteiger partial charge < -0.3 is 9.64 Å². The van der Waals surface area contributed by atoms with Crippen molar-refractivity contribution < 1.29 is 17.5 Å². The Balaban J connectivity index is 1.63. The molecule has 8 heteroatoms. The van der Waals surface area contributed by atoms with Crippen LogP contribution in [0.5, 0.6) is 0 Å². The molecule has 0 atom stereocenters. The molecule has 1 N–H and O–H groups in total. The molecule has 2 aliphatic heterocycles. The molecule has 2 fully saturated rings. The molecular weight excluding hydrogens is 321 g/mol. The lowest BCUT2D eigenvalue weighted by molar-refractivity contribution is 0.122. The minimum absolute atomic E-state index is 0.0964. The number of nitrogens with zero attached hydrogens (tertiary/aromatic N) is 2. The monoisotopic (exact) mass is 343 g/mol. The summed E-state index contributed by atoms with van der Waals surface area (Å²) in [5.74, 6) is -0.329. The number of nitrogens with one attached hydrogen (secondary N) is 1. The van der Waals surface area contributed by atoms with Gasteiger partial charge in [-0.05, 0) is 30.5 Å². The van der Waals surface area contributed by atoms with E-state index in [4.69, 9.17) is 4.74 Å². The van der Waals surface area contributed by atoms with Crippen LogP contribution in [0.15, 0.2) is 18.2 Å². The van der Waals surface area contributed by atoms with Crippen molar-refractivity contribution in [2.24, 2.45) is 0 Å². The molecule has 1 aromatic rings. The number of ether oxygens (including phenoxy) is 1. The van der Waals surface area contributed by atoms with Gasteiger partial charge in [0.15, 0.2) is 0 Å². The molecule has 0 amide bonds. The Labute approximate surface area is 136 Å². The average Bonchev–Trinajstić information content (AvgIpc) is 3.09. The molecule has 2 saturated heterocycles. The second-order valence-corrected chi connectivity index (χ2v) is 7.57. The molecule has 128 valence electrons. The molecule has 0 bridgehead atoms. The zero-order valence-electron chi connectivity index (χ0n) is 13.0. The molecule has 0 spiro atoms. The second kappa shape index (κ2) is 7.12. The predicted octanol–water partition coefficient (Wildman–Crippen LogP) is 1.09. The summed E-state index contributed by atoms with van der Waals surface area (Å²) >= 11 is 0. The molecule has 0 radical (unpaired) electrons. The molecular formula is C15H22FN3O3S. The minimum Gasteiger partial charge on any atom is -0.378 e. The number of benzene rings is 1. The van der Waals surface area contributed by atoms with Crippen LogP contribution in [0, 0.1) is 5.82 Å². The average molecular weight is 343 g/mol. The Kier molecular flexibility index (Phi) is 5.15. The zero-order valence-corrected chi connectivity index (χ0v) is 13.8. The van der Waals surface area contributed by atoms with Gasteiger partial charge in [-0.3, -0.25) is 0 Å². The quantitative estimate of drug-likeness (QED) is 0.869. The van der Waals surface area contributed by atoms with Crippen molar-refractivity contribution in [3.8, 4) is 0 Å². The Morgan fingerprint density at radius 3 is 2.48 bits per heavy atom. The van der Waals surface area contributed by atoms with Gasteiger partial charge in [0.1, 0.15) is 5.82 Å². The summed E-state index contributed by atoms with van der Waals surface area (Å²) in [6.45, 7) is 3.72. The Hall–Kier alpha value is -1.22. The maximum atomic E-state index is 14.3. The Morgan fingerprint density at radius 1 is 1.13 bits per heavy atom. The van der Waals surface area contributed by atoms with E-state index in [-0.39, 0.29) is 12.4 Å². The van der Waals surface area contributed by atoms with Gasteiger partial charge in [-0.15, -0.1) is 0 Å². The Morgan fingerprint density at radius 2 is 1.83 bits per heavy atom. The normalized spacial score (nSPS) is 20.1. The summed E-state index contributed by atoms with van der Waals surface area (Å²) in [4.78, 5) is 1.94. The molecule has 0 unspecified atom stereocenters. The highest BCUT2D eigenvalue weighted by Crippen LogP contribution is 2.22. The van der Waals surface area contributed by atoms with Crippen LogP contribution in [0.3, 0.4) is 0 Å². The number of anilines is 1. The van der Waals surface area contributed by atoms with Crippen LogP contribution in [-0.4, -0.2) is 52.1 Å².